The molecule has 3 heterocycles. The van der Waals surface area contributed by atoms with Crippen LogP contribution in [0.15, 0.2) is 18.2 Å². The van der Waals surface area contributed by atoms with Crippen molar-refractivity contribution in [2.45, 2.75) is 45.4 Å². The van der Waals surface area contributed by atoms with Crippen molar-refractivity contribution in [3.63, 3.8) is 0 Å². The Morgan fingerprint density at radius 3 is 2.52 bits per heavy atom. The molecule has 0 aromatic heterocycles. The van der Waals surface area contributed by atoms with Gasteiger partial charge in [0, 0.05) is 12.2 Å². The number of nitrogens with one attached hydrogen (secondary N) is 2. The molecule has 0 radical (unpaired) electrons. The lowest BCUT2D eigenvalue weighted by atomic mass is 9.66. The van der Waals surface area contributed by atoms with Gasteiger partial charge in [-0.3, -0.25) is 20.2 Å². The Morgan fingerprint density at radius 2 is 1.84 bits per heavy atom. The molecule has 7 heteroatoms. The van der Waals surface area contributed by atoms with Crippen LogP contribution in [0.5, 0.6) is 0 Å². The van der Waals surface area contributed by atoms with Gasteiger partial charge in [-0.2, -0.15) is 0 Å². The van der Waals surface area contributed by atoms with Gasteiger partial charge in [0.1, 0.15) is 0 Å². The van der Waals surface area contributed by atoms with Gasteiger partial charge < -0.3 is 9.64 Å². The van der Waals surface area contributed by atoms with Gasteiger partial charge in [-0.05, 0) is 38.8 Å². The molecule has 25 heavy (non-hydrogen) atoms. The number of carbonyl (C=O) groups excluding carboxylic acids is 3. The van der Waals surface area contributed by atoms with Gasteiger partial charge in [-0.1, -0.05) is 17.7 Å². The Morgan fingerprint density at radius 1 is 1.16 bits per heavy atom. The number of morpholine rings is 1. The molecule has 0 aliphatic carbocycles. The number of fused-ring (bicyclic) bond motifs is 4. The Balaban J connectivity index is 1.92. The summed E-state index contributed by atoms with van der Waals surface area (Å²) in [7, 11) is 0. The van der Waals surface area contributed by atoms with E-state index in [4.69, 9.17) is 4.74 Å². The molecule has 3 aliphatic heterocycles. The van der Waals surface area contributed by atoms with Crippen LogP contribution in [-0.4, -0.2) is 42.6 Å². The minimum atomic E-state index is -1.38. The van der Waals surface area contributed by atoms with Crippen LogP contribution >= 0.6 is 0 Å². The predicted octanol–water partition coefficient (Wildman–Crippen LogP) is 0.886. The number of anilines is 1. The van der Waals surface area contributed by atoms with E-state index in [0.29, 0.717) is 6.54 Å². The molecule has 4 amide bonds. The van der Waals surface area contributed by atoms with E-state index < -0.39 is 29.3 Å². The minimum Gasteiger partial charge on any atom is -0.372 e. The van der Waals surface area contributed by atoms with Crippen LogP contribution < -0.4 is 15.5 Å². The number of rotatable bonds is 0. The lowest BCUT2D eigenvalue weighted by molar-refractivity contribution is -0.153. The zero-order valence-corrected chi connectivity index (χ0v) is 14.5. The molecule has 1 aromatic carbocycles. The summed E-state index contributed by atoms with van der Waals surface area (Å²) >= 11 is 0. The molecule has 1 spiro atoms. The molecule has 0 unspecified atom stereocenters. The molecule has 7 nitrogen and oxygen atoms in total. The normalized spacial score (nSPS) is 30.4. The fourth-order valence-electron chi connectivity index (χ4n) is 4.58. The van der Waals surface area contributed by atoms with Gasteiger partial charge in [0.05, 0.1) is 18.2 Å². The van der Waals surface area contributed by atoms with Crippen LogP contribution in [0.25, 0.3) is 0 Å². The van der Waals surface area contributed by atoms with E-state index in [2.05, 4.69) is 15.5 Å². The van der Waals surface area contributed by atoms with Crippen LogP contribution in [0, 0.1) is 12.3 Å². The lowest BCUT2D eigenvalue weighted by Gasteiger charge is -2.55. The maximum atomic E-state index is 12.9. The molecule has 132 valence electrons. The third-order valence-electron chi connectivity index (χ3n) is 5.46. The number of hydrogen-bond acceptors (Lipinski definition) is 5. The van der Waals surface area contributed by atoms with E-state index >= 15 is 0 Å². The largest absolute Gasteiger partial charge is 0.372 e. The molecule has 4 rings (SSSR count). The van der Waals surface area contributed by atoms with Crippen molar-refractivity contribution in [1.29, 1.82) is 0 Å². The van der Waals surface area contributed by atoms with Gasteiger partial charge in [0.25, 0.3) is 0 Å². The van der Waals surface area contributed by atoms with E-state index in [-0.39, 0.29) is 18.6 Å². The number of nitrogens with zero attached hydrogens (tertiary/aromatic N) is 1. The van der Waals surface area contributed by atoms with Crippen molar-refractivity contribution in [1.82, 2.24) is 10.6 Å². The Hall–Kier alpha value is -2.41. The number of ether oxygens (including phenoxy) is 1. The summed E-state index contributed by atoms with van der Waals surface area (Å²) in [5.74, 6) is -1.10. The Bertz CT molecular complexity index is 771. The topological polar surface area (TPSA) is 87.7 Å². The highest BCUT2D eigenvalue weighted by molar-refractivity contribution is 6.20. The molecular weight excluding hydrogens is 322 g/mol. The lowest BCUT2D eigenvalue weighted by Crippen LogP contribution is -2.75. The molecule has 0 saturated carbocycles. The molecule has 3 aliphatic rings. The maximum Gasteiger partial charge on any atom is 0.328 e. The number of urea groups is 1. The third-order valence-corrected chi connectivity index (χ3v) is 5.46. The van der Waals surface area contributed by atoms with Crippen molar-refractivity contribution < 1.29 is 19.1 Å². The highest BCUT2D eigenvalue weighted by Crippen LogP contribution is 2.46. The van der Waals surface area contributed by atoms with E-state index in [1.165, 1.54) is 0 Å². The van der Waals surface area contributed by atoms with Gasteiger partial charge in [0.15, 0.2) is 5.41 Å². The SMILES string of the molecule is Cc1ccc2c(c1)CC1(C(=O)NC(=O)NC1=O)[C@@H]1[C@@H](C)O[C@H](C)CN21. The van der Waals surface area contributed by atoms with Crippen molar-refractivity contribution in [2.24, 2.45) is 5.41 Å². The Labute approximate surface area is 145 Å². The average Bonchev–Trinajstić information content (AvgIpc) is 2.51. The number of amides is 4. The van der Waals surface area contributed by atoms with Gasteiger partial charge in [-0.15, -0.1) is 0 Å². The molecule has 0 bridgehead atoms. The molecule has 2 N–H and O–H groups in total. The second kappa shape index (κ2) is 5.29. The molecule has 3 atom stereocenters. The van der Waals surface area contributed by atoms with Crippen LogP contribution in [0.3, 0.4) is 0 Å². The zero-order valence-electron chi connectivity index (χ0n) is 14.5. The number of aryl methyl sites for hydroxylation is 1. The first-order chi connectivity index (χ1) is 11.8. The summed E-state index contributed by atoms with van der Waals surface area (Å²) in [6.45, 7) is 6.42. The van der Waals surface area contributed by atoms with Crippen molar-refractivity contribution in [3.8, 4) is 0 Å². The smallest absolute Gasteiger partial charge is 0.328 e. The van der Waals surface area contributed by atoms with E-state index in [0.717, 1.165) is 16.8 Å². The van der Waals surface area contributed by atoms with Crippen LogP contribution in [0.4, 0.5) is 10.5 Å². The summed E-state index contributed by atoms with van der Waals surface area (Å²) < 4.78 is 5.96. The van der Waals surface area contributed by atoms with Crippen molar-refractivity contribution in [3.05, 3.63) is 29.3 Å². The standard InChI is InChI=1S/C18H21N3O4/c1-9-4-5-13-12(6-9)7-18(15(22)19-17(24)20-16(18)23)14-11(3)25-10(2)8-21(13)14/h4-6,10-11,14H,7-8H2,1-3H3,(H2,19,20,22,23,24)/t10-,11-,14+/m1/s1. The van der Waals surface area contributed by atoms with Crippen molar-refractivity contribution >= 4 is 23.5 Å². The predicted molar refractivity (Wildman–Crippen MR) is 90.1 cm³/mol. The number of barbiturate groups is 1. The second-order valence-electron chi connectivity index (χ2n) is 7.27. The molecular formula is C18H21N3O4. The number of hydrogen-bond donors (Lipinski definition) is 2. The molecule has 2 saturated heterocycles. The summed E-state index contributed by atoms with van der Waals surface area (Å²) in [6.07, 6.45) is -0.104. The fourth-order valence-corrected chi connectivity index (χ4v) is 4.58. The summed E-state index contributed by atoms with van der Waals surface area (Å²) in [6, 6.07) is 4.85. The summed E-state index contributed by atoms with van der Waals surface area (Å²) in [5.41, 5.74) is 1.65. The van der Waals surface area contributed by atoms with Crippen LogP contribution in [-0.2, 0) is 20.7 Å². The van der Waals surface area contributed by atoms with Crippen LogP contribution in [0.1, 0.15) is 25.0 Å². The van der Waals surface area contributed by atoms with E-state index in [1.807, 2.05) is 39.0 Å². The monoisotopic (exact) mass is 343 g/mol. The van der Waals surface area contributed by atoms with Gasteiger partial charge in [0.2, 0.25) is 11.8 Å². The van der Waals surface area contributed by atoms with Gasteiger partial charge in [-0.25, -0.2) is 4.79 Å². The number of imide groups is 2. The van der Waals surface area contributed by atoms with Crippen molar-refractivity contribution in [2.75, 3.05) is 11.4 Å². The number of carbonyl (C=O) groups is 3. The quantitative estimate of drug-likeness (QED) is 0.683. The summed E-state index contributed by atoms with van der Waals surface area (Å²) in [4.78, 5) is 39.5. The minimum absolute atomic E-state index is 0.0214. The van der Waals surface area contributed by atoms with Gasteiger partial charge >= 0.3 is 6.03 Å². The average molecular weight is 343 g/mol. The first kappa shape index (κ1) is 16.1. The molecule has 2 fully saturated rings. The fraction of sp³-hybridized carbons (Fsp3) is 0.500. The third kappa shape index (κ3) is 2.18. The Kier molecular flexibility index (Phi) is 3.40. The molecule has 1 aromatic rings. The first-order valence-corrected chi connectivity index (χ1v) is 8.51. The van der Waals surface area contributed by atoms with Crippen LogP contribution in [0.2, 0.25) is 0 Å². The first-order valence-electron chi connectivity index (χ1n) is 8.51. The highest BCUT2D eigenvalue weighted by Gasteiger charge is 2.62. The van der Waals surface area contributed by atoms with E-state index in [9.17, 15) is 14.4 Å². The second-order valence-corrected chi connectivity index (χ2v) is 7.27. The number of benzene rings is 1. The van der Waals surface area contributed by atoms with E-state index in [1.54, 1.807) is 0 Å². The zero-order chi connectivity index (χ0) is 17.9. The summed E-state index contributed by atoms with van der Waals surface area (Å²) in [5, 5.41) is 4.58. The highest BCUT2D eigenvalue weighted by atomic mass is 16.5. The maximum absolute atomic E-state index is 12.9.